The maximum atomic E-state index is 10.9. The molecule has 0 atom stereocenters. The number of rotatable bonds is 4. The van der Waals surface area contributed by atoms with E-state index in [0.29, 0.717) is 6.54 Å². The van der Waals surface area contributed by atoms with Crippen LogP contribution in [0.3, 0.4) is 0 Å². The van der Waals surface area contributed by atoms with E-state index in [0.717, 1.165) is 12.2 Å². The number of halogens is 1. The molecule has 0 N–H and O–H groups in total. The Morgan fingerprint density at radius 2 is 2.00 bits per heavy atom. The van der Waals surface area contributed by atoms with Gasteiger partial charge in [-0.25, -0.2) is 0 Å². The molecule has 0 fully saturated rings. The Balaban J connectivity index is 2.47. The summed E-state index contributed by atoms with van der Waals surface area (Å²) in [5.41, 5.74) is 1.19. The lowest BCUT2D eigenvalue weighted by Gasteiger charge is -2.13. The lowest BCUT2D eigenvalue weighted by molar-refractivity contribution is 0.235. The van der Waals surface area contributed by atoms with Crippen molar-refractivity contribution in [3.05, 3.63) is 29.8 Å². The minimum Gasteiger partial charge on any atom is -0.497 e. The van der Waals surface area contributed by atoms with Crippen molar-refractivity contribution >= 4 is 20.7 Å². The van der Waals surface area contributed by atoms with Gasteiger partial charge in [0.15, 0.2) is 0 Å². The summed E-state index contributed by atoms with van der Waals surface area (Å²) in [5.74, 6) is 0.851. The van der Waals surface area contributed by atoms with Gasteiger partial charge < -0.3 is 9.64 Å². The van der Waals surface area contributed by atoms with Crippen molar-refractivity contribution < 1.29 is 9.53 Å². The monoisotopic (exact) mass is 271 g/mol. The third-order valence-electron chi connectivity index (χ3n) is 2.20. The number of likely N-dealkylation sites (N-methyl/N-ethyl adjacent to an activating group) is 1. The van der Waals surface area contributed by atoms with Gasteiger partial charge in [0.1, 0.15) is 5.75 Å². The Hall–Kier alpha value is -1.03. The van der Waals surface area contributed by atoms with Gasteiger partial charge in [-0.2, -0.15) is 0 Å². The van der Waals surface area contributed by atoms with Gasteiger partial charge in [0.05, 0.1) is 7.11 Å². The average Bonchev–Trinajstić information content (AvgIpc) is 2.26. The molecular weight excluding hydrogens is 258 g/mol. The van der Waals surface area contributed by atoms with Gasteiger partial charge in [0.2, 0.25) is 0 Å². The van der Waals surface area contributed by atoms with Crippen LogP contribution in [0.2, 0.25) is 0 Å². The van der Waals surface area contributed by atoms with Crippen LogP contribution in [-0.4, -0.2) is 30.4 Å². The molecule has 1 amide bonds. The van der Waals surface area contributed by atoms with Gasteiger partial charge in [0, 0.05) is 29.5 Å². The van der Waals surface area contributed by atoms with Crippen LogP contribution in [0.25, 0.3) is 0 Å². The summed E-state index contributed by atoms with van der Waals surface area (Å²) >= 11 is 2.90. The maximum Gasteiger partial charge on any atom is 0.289 e. The van der Waals surface area contributed by atoms with Crippen LogP contribution in [0.15, 0.2) is 24.3 Å². The fraction of sp³-hybridized carbons (Fsp3) is 0.364. The lowest BCUT2D eigenvalue weighted by atomic mass is 10.1. The fourth-order valence-electron chi connectivity index (χ4n) is 1.18. The number of hydrogen-bond donors (Lipinski definition) is 0. The highest BCUT2D eigenvalue weighted by Gasteiger charge is 2.03. The van der Waals surface area contributed by atoms with Crippen molar-refractivity contribution in [3.8, 4) is 5.75 Å². The van der Waals surface area contributed by atoms with Crippen LogP contribution in [0, 0.1) is 0 Å². The summed E-state index contributed by atoms with van der Waals surface area (Å²) in [4.78, 5) is 12.4. The standard InChI is InChI=1S/C11H14BrNO2/c1-13(11(12)14)8-7-9-3-5-10(15-2)6-4-9/h3-6H,7-8H2,1-2H3. The number of ether oxygens (including phenoxy) is 1. The number of benzene rings is 1. The van der Waals surface area contributed by atoms with Gasteiger partial charge in [-0.3, -0.25) is 4.79 Å². The SMILES string of the molecule is COc1ccc(CCN(C)C(=O)Br)cc1. The Labute approximate surface area is 98.2 Å². The predicted molar refractivity (Wildman–Crippen MR) is 63.7 cm³/mol. The van der Waals surface area contributed by atoms with Crippen LogP contribution in [0.1, 0.15) is 5.56 Å². The smallest absolute Gasteiger partial charge is 0.289 e. The van der Waals surface area contributed by atoms with Gasteiger partial charge >= 0.3 is 0 Å². The molecule has 0 spiro atoms. The van der Waals surface area contributed by atoms with Crippen molar-refractivity contribution in [3.63, 3.8) is 0 Å². The summed E-state index contributed by atoms with van der Waals surface area (Å²) < 4.78 is 5.06. The molecule has 0 aliphatic carbocycles. The molecule has 82 valence electrons. The second kappa shape index (κ2) is 5.75. The second-order valence-corrected chi connectivity index (χ2v) is 3.95. The van der Waals surface area contributed by atoms with Gasteiger partial charge in [-0.15, -0.1) is 0 Å². The van der Waals surface area contributed by atoms with E-state index >= 15 is 0 Å². The van der Waals surface area contributed by atoms with E-state index in [1.165, 1.54) is 5.56 Å². The van der Waals surface area contributed by atoms with E-state index < -0.39 is 0 Å². The van der Waals surface area contributed by atoms with Crippen LogP contribution in [0.5, 0.6) is 5.75 Å². The second-order valence-electron chi connectivity index (χ2n) is 3.27. The number of nitrogens with zero attached hydrogens (tertiary/aromatic N) is 1. The molecule has 0 aromatic heterocycles. The summed E-state index contributed by atoms with van der Waals surface area (Å²) in [6.07, 6.45) is 0.845. The molecule has 0 radical (unpaired) electrons. The first-order chi connectivity index (χ1) is 7.13. The van der Waals surface area contributed by atoms with E-state index in [-0.39, 0.29) is 4.82 Å². The molecule has 0 bridgehead atoms. The molecule has 0 unspecified atom stereocenters. The van der Waals surface area contributed by atoms with Crippen molar-refractivity contribution in [2.24, 2.45) is 0 Å². The highest BCUT2D eigenvalue weighted by Crippen LogP contribution is 2.12. The molecule has 1 aromatic rings. The molecule has 4 heteroatoms. The van der Waals surface area contributed by atoms with Crippen molar-refractivity contribution in [1.29, 1.82) is 0 Å². The van der Waals surface area contributed by atoms with Gasteiger partial charge in [0.25, 0.3) is 4.82 Å². The van der Waals surface area contributed by atoms with E-state index in [9.17, 15) is 4.79 Å². The topological polar surface area (TPSA) is 29.5 Å². The Morgan fingerprint density at radius 1 is 1.40 bits per heavy atom. The van der Waals surface area contributed by atoms with E-state index in [2.05, 4.69) is 15.9 Å². The fourth-order valence-corrected chi connectivity index (χ4v) is 1.35. The number of carbonyl (C=O) groups excluding carboxylic acids is 1. The minimum absolute atomic E-state index is 0.0870. The van der Waals surface area contributed by atoms with E-state index in [1.807, 2.05) is 24.3 Å². The highest BCUT2D eigenvalue weighted by molar-refractivity contribution is 9.18. The van der Waals surface area contributed by atoms with Crippen LogP contribution in [-0.2, 0) is 6.42 Å². The summed E-state index contributed by atoms with van der Waals surface area (Å²) in [5, 5.41) is 0. The first-order valence-electron chi connectivity index (χ1n) is 4.67. The third kappa shape index (κ3) is 3.91. The van der Waals surface area contributed by atoms with Crippen molar-refractivity contribution in [2.45, 2.75) is 6.42 Å². The molecular formula is C11H14BrNO2. The zero-order chi connectivity index (χ0) is 11.3. The first-order valence-corrected chi connectivity index (χ1v) is 5.46. The number of amides is 1. The molecule has 0 aliphatic rings. The highest BCUT2D eigenvalue weighted by atomic mass is 79.9. The van der Waals surface area contributed by atoms with E-state index in [1.54, 1.807) is 19.1 Å². The van der Waals surface area contributed by atoms with Crippen LogP contribution >= 0.6 is 15.9 Å². The summed E-state index contributed by atoms with van der Waals surface area (Å²) in [6.45, 7) is 0.705. The molecule has 0 saturated heterocycles. The van der Waals surface area contributed by atoms with Gasteiger partial charge in [-0.1, -0.05) is 12.1 Å². The Bertz CT molecular complexity index is 324. The zero-order valence-corrected chi connectivity index (χ0v) is 10.5. The van der Waals surface area contributed by atoms with Crippen LogP contribution in [0.4, 0.5) is 4.79 Å². The summed E-state index contributed by atoms with van der Waals surface area (Å²) in [6, 6.07) is 7.85. The van der Waals surface area contributed by atoms with Crippen molar-refractivity contribution in [2.75, 3.05) is 20.7 Å². The Morgan fingerprint density at radius 3 is 2.47 bits per heavy atom. The normalized spacial score (nSPS) is 9.80. The number of hydrogen-bond acceptors (Lipinski definition) is 2. The van der Waals surface area contributed by atoms with Crippen molar-refractivity contribution in [1.82, 2.24) is 4.90 Å². The number of methoxy groups -OCH3 is 1. The first kappa shape index (κ1) is 12.0. The molecule has 15 heavy (non-hydrogen) atoms. The largest absolute Gasteiger partial charge is 0.497 e. The molecule has 3 nitrogen and oxygen atoms in total. The van der Waals surface area contributed by atoms with Crippen LogP contribution < -0.4 is 4.74 Å². The average molecular weight is 272 g/mol. The molecule has 1 aromatic carbocycles. The lowest BCUT2D eigenvalue weighted by Crippen LogP contribution is -2.23. The van der Waals surface area contributed by atoms with Gasteiger partial charge in [-0.05, 0) is 24.1 Å². The zero-order valence-electron chi connectivity index (χ0n) is 8.87. The Kier molecular flexibility index (Phi) is 4.62. The molecule has 0 saturated carbocycles. The summed E-state index contributed by atoms with van der Waals surface area (Å²) in [7, 11) is 3.41. The third-order valence-corrected chi connectivity index (χ3v) is 2.80. The quantitative estimate of drug-likeness (QED) is 0.623. The molecule has 0 heterocycles. The van der Waals surface area contributed by atoms with E-state index in [4.69, 9.17) is 4.74 Å². The number of carbonyl (C=O) groups is 1. The molecule has 0 aliphatic heterocycles. The minimum atomic E-state index is -0.0870. The molecule has 1 rings (SSSR count). The maximum absolute atomic E-state index is 10.9. The predicted octanol–water partition coefficient (Wildman–Crippen LogP) is 2.68.